The number of unbranched alkanes of at least 4 members (excludes halogenated alkanes) is 51. The van der Waals surface area contributed by atoms with Crippen LogP contribution in [-0.4, -0.2) is 47.4 Å². The molecular formula is C78H145NO5. The molecule has 0 rings (SSSR count). The van der Waals surface area contributed by atoms with Crippen molar-refractivity contribution in [1.29, 1.82) is 0 Å². The zero-order valence-electron chi connectivity index (χ0n) is 56.4. The quantitative estimate of drug-likeness (QED) is 0.0320. The maximum absolute atomic E-state index is 12.4. The molecule has 6 nitrogen and oxygen atoms in total. The molecule has 0 saturated carbocycles. The van der Waals surface area contributed by atoms with Gasteiger partial charge in [0.1, 0.15) is 0 Å². The highest BCUT2D eigenvalue weighted by atomic mass is 16.5. The standard InChI is InChI=1S/C78H145NO5/c1-3-5-7-9-11-13-14-15-16-17-39-43-46-49-52-56-60-64-68-72-78(83)84-73-69-65-61-57-53-50-47-44-41-38-36-34-32-30-28-26-24-22-20-18-19-21-23-25-27-29-31-33-35-37-40-42-45-48-51-55-59-63-67-71-77(82)79-75(74-80)76(81)70-66-62-58-54-12-10-8-6-4-2/h11,13,15-16,18-19,22,24,66,70,75-76,80-81H,3-10,12,14,17,20-21,23,25-65,67-69,71-74H2,1-2H3,(H,79,82)/b13-11-,16-15-,19-18-,24-22-,70-66+. The average molecular weight is 1180 g/mol. The van der Waals surface area contributed by atoms with E-state index in [0.717, 1.165) is 57.8 Å². The van der Waals surface area contributed by atoms with Crippen LogP contribution in [0.3, 0.4) is 0 Å². The Balaban J connectivity index is 3.33. The summed E-state index contributed by atoms with van der Waals surface area (Å²) in [6.07, 6.45) is 97.8. The zero-order valence-corrected chi connectivity index (χ0v) is 56.4. The molecule has 0 aliphatic carbocycles. The predicted molar refractivity (Wildman–Crippen MR) is 370 cm³/mol. The van der Waals surface area contributed by atoms with Crippen LogP contribution >= 0.6 is 0 Å². The molecule has 0 aromatic carbocycles. The highest BCUT2D eigenvalue weighted by Gasteiger charge is 2.18. The third kappa shape index (κ3) is 68.7. The maximum atomic E-state index is 12.4. The average Bonchev–Trinajstić information content (AvgIpc) is 3.51. The van der Waals surface area contributed by atoms with Crippen molar-refractivity contribution in [2.75, 3.05) is 13.2 Å². The first-order valence-corrected chi connectivity index (χ1v) is 37.6. The minimum absolute atomic E-state index is 0.0163. The number of carbonyl (C=O) groups is 2. The molecule has 0 aliphatic rings. The van der Waals surface area contributed by atoms with E-state index < -0.39 is 12.1 Å². The third-order valence-corrected chi connectivity index (χ3v) is 17.3. The van der Waals surface area contributed by atoms with Gasteiger partial charge in [-0.3, -0.25) is 9.59 Å². The lowest BCUT2D eigenvalue weighted by molar-refractivity contribution is -0.143. The predicted octanol–water partition coefficient (Wildman–Crippen LogP) is 24.6. The van der Waals surface area contributed by atoms with E-state index in [-0.39, 0.29) is 18.5 Å². The van der Waals surface area contributed by atoms with Crippen LogP contribution in [-0.2, 0) is 14.3 Å². The molecule has 2 atom stereocenters. The zero-order chi connectivity index (χ0) is 60.6. The summed E-state index contributed by atoms with van der Waals surface area (Å²) in [5.41, 5.74) is 0. The monoisotopic (exact) mass is 1180 g/mol. The molecule has 3 N–H and O–H groups in total. The van der Waals surface area contributed by atoms with Gasteiger partial charge in [-0.05, 0) is 96.3 Å². The molecule has 0 fully saturated rings. The van der Waals surface area contributed by atoms with Gasteiger partial charge in [0.25, 0.3) is 0 Å². The molecule has 1 amide bonds. The summed E-state index contributed by atoms with van der Waals surface area (Å²) in [5.74, 6) is -0.0504. The van der Waals surface area contributed by atoms with Crippen molar-refractivity contribution in [3.8, 4) is 0 Å². The van der Waals surface area contributed by atoms with Crippen molar-refractivity contribution in [1.82, 2.24) is 5.32 Å². The number of aliphatic hydroxyl groups excluding tert-OH is 2. The molecule has 0 aromatic rings. The Hall–Kier alpha value is -2.44. The second kappa shape index (κ2) is 73.0. The normalized spacial score (nSPS) is 12.9. The van der Waals surface area contributed by atoms with Gasteiger partial charge in [-0.1, -0.05) is 351 Å². The molecule has 0 aliphatic heterocycles. The Morgan fingerprint density at radius 3 is 0.929 bits per heavy atom. The minimum Gasteiger partial charge on any atom is -0.466 e. The summed E-state index contributed by atoms with van der Waals surface area (Å²) >= 11 is 0. The van der Waals surface area contributed by atoms with Crippen molar-refractivity contribution in [3.05, 3.63) is 60.8 Å². The Labute approximate surface area is 524 Å². The van der Waals surface area contributed by atoms with Crippen LogP contribution in [0.4, 0.5) is 0 Å². The SMILES string of the molecule is CCCCC/C=C\C/C=C\CCCCCCCCCCCC(=O)OCCCCCCCCCCCCCCCCC/C=C\C/C=C\CCCCCCCCCCCCCCCCCCCC(=O)NC(CO)C(O)/C=C/CCCCCCCCC. The van der Waals surface area contributed by atoms with Gasteiger partial charge in [0.2, 0.25) is 5.91 Å². The second-order valence-corrected chi connectivity index (χ2v) is 25.6. The lowest BCUT2D eigenvalue weighted by atomic mass is 10.0. The van der Waals surface area contributed by atoms with E-state index in [9.17, 15) is 19.8 Å². The number of ether oxygens (including phenoxy) is 1. The first-order valence-electron chi connectivity index (χ1n) is 37.6. The van der Waals surface area contributed by atoms with E-state index in [4.69, 9.17) is 4.74 Å². The van der Waals surface area contributed by atoms with Crippen LogP contribution in [0.15, 0.2) is 60.8 Å². The number of hydrogen-bond donors (Lipinski definition) is 3. The lowest BCUT2D eigenvalue weighted by Crippen LogP contribution is -2.45. The number of amides is 1. The fourth-order valence-electron chi connectivity index (χ4n) is 11.5. The molecule has 0 aromatic heterocycles. The van der Waals surface area contributed by atoms with E-state index in [1.807, 2.05) is 6.08 Å². The number of hydrogen-bond acceptors (Lipinski definition) is 5. The van der Waals surface area contributed by atoms with Crippen molar-refractivity contribution in [2.45, 2.75) is 411 Å². The van der Waals surface area contributed by atoms with E-state index >= 15 is 0 Å². The van der Waals surface area contributed by atoms with Gasteiger partial charge in [-0.25, -0.2) is 0 Å². The second-order valence-electron chi connectivity index (χ2n) is 25.6. The summed E-state index contributed by atoms with van der Waals surface area (Å²) < 4.78 is 5.51. The lowest BCUT2D eigenvalue weighted by Gasteiger charge is -2.20. The first-order chi connectivity index (χ1) is 41.5. The van der Waals surface area contributed by atoms with Crippen LogP contribution in [0.1, 0.15) is 399 Å². The molecule has 492 valence electrons. The van der Waals surface area contributed by atoms with Crippen molar-refractivity contribution in [3.63, 3.8) is 0 Å². The van der Waals surface area contributed by atoms with Crippen LogP contribution < -0.4 is 5.32 Å². The molecule has 0 spiro atoms. The van der Waals surface area contributed by atoms with Crippen LogP contribution in [0.25, 0.3) is 0 Å². The summed E-state index contributed by atoms with van der Waals surface area (Å²) in [6.45, 7) is 4.87. The highest BCUT2D eigenvalue weighted by molar-refractivity contribution is 5.76. The Morgan fingerprint density at radius 1 is 0.333 bits per heavy atom. The van der Waals surface area contributed by atoms with Crippen molar-refractivity contribution in [2.24, 2.45) is 0 Å². The number of rotatable bonds is 70. The Morgan fingerprint density at radius 2 is 0.595 bits per heavy atom. The first kappa shape index (κ1) is 81.6. The minimum atomic E-state index is -0.840. The fourth-order valence-corrected chi connectivity index (χ4v) is 11.5. The van der Waals surface area contributed by atoms with Crippen LogP contribution in [0.5, 0.6) is 0 Å². The molecular weight excluding hydrogens is 1030 g/mol. The van der Waals surface area contributed by atoms with Gasteiger partial charge >= 0.3 is 5.97 Å². The summed E-state index contributed by atoms with van der Waals surface area (Å²) in [7, 11) is 0. The molecule has 6 heteroatoms. The molecule has 0 bridgehead atoms. The van der Waals surface area contributed by atoms with Crippen molar-refractivity contribution >= 4 is 11.9 Å². The van der Waals surface area contributed by atoms with E-state index in [0.29, 0.717) is 19.4 Å². The molecule has 0 heterocycles. The van der Waals surface area contributed by atoms with Crippen LogP contribution in [0.2, 0.25) is 0 Å². The summed E-state index contributed by atoms with van der Waals surface area (Å²) in [4.78, 5) is 24.5. The Kier molecular flexibility index (Phi) is 70.9. The number of allylic oxidation sites excluding steroid dienone is 9. The molecule has 0 radical (unpaired) electrons. The van der Waals surface area contributed by atoms with Gasteiger partial charge < -0.3 is 20.3 Å². The smallest absolute Gasteiger partial charge is 0.305 e. The molecule has 0 saturated heterocycles. The number of aliphatic hydroxyl groups is 2. The van der Waals surface area contributed by atoms with E-state index in [2.05, 4.69) is 67.8 Å². The topological polar surface area (TPSA) is 95.9 Å². The fraction of sp³-hybridized carbons (Fsp3) is 0.846. The van der Waals surface area contributed by atoms with Gasteiger partial charge in [0.15, 0.2) is 0 Å². The van der Waals surface area contributed by atoms with Crippen molar-refractivity contribution < 1.29 is 24.5 Å². The van der Waals surface area contributed by atoms with Gasteiger partial charge in [-0.15, -0.1) is 0 Å². The Bertz CT molecular complexity index is 1450. The third-order valence-electron chi connectivity index (χ3n) is 17.3. The molecule has 84 heavy (non-hydrogen) atoms. The van der Waals surface area contributed by atoms with Gasteiger partial charge in [0, 0.05) is 12.8 Å². The molecule has 2 unspecified atom stereocenters. The highest BCUT2D eigenvalue weighted by Crippen LogP contribution is 2.18. The largest absolute Gasteiger partial charge is 0.466 e. The van der Waals surface area contributed by atoms with Gasteiger partial charge in [-0.2, -0.15) is 0 Å². The summed E-state index contributed by atoms with van der Waals surface area (Å²) in [5, 5.41) is 23.0. The van der Waals surface area contributed by atoms with E-state index in [1.54, 1.807) is 6.08 Å². The number of nitrogens with one attached hydrogen (secondary N) is 1. The maximum Gasteiger partial charge on any atom is 0.305 e. The number of esters is 1. The number of carbonyl (C=O) groups excluding carboxylic acids is 2. The van der Waals surface area contributed by atoms with E-state index in [1.165, 1.54) is 315 Å². The van der Waals surface area contributed by atoms with Crippen LogP contribution in [0, 0.1) is 0 Å². The van der Waals surface area contributed by atoms with Gasteiger partial charge in [0.05, 0.1) is 25.4 Å². The summed E-state index contributed by atoms with van der Waals surface area (Å²) in [6, 6.07) is -0.624.